The van der Waals surface area contributed by atoms with Gasteiger partial charge < -0.3 is 4.84 Å². The summed E-state index contributed by atoms with van der Waals surface area (Å²) < 4.78 is 0. The molecule has 0 aromatic carbocycles. The molecule has 0 heterocycles. The molecule has 0 spiro atoms. The summed E-state index contributed by atoms with van der Waals surface area (Å²) in [6, 6.07) is 0. The molecule has 0 amide bonds. The monoisotopic (exact) mass is 126 g/mol. The Hall–Kier alpha value is -0.530. The Morgan fingerprint density at radius 1 is 1.67 bits per heavy atom. The molecule has 0 N–H and O–H groups in total. The van der Waals surface area contributed by atoms with E-state index in [1.54, 1.807) is 7.11 Å². The van der Waals surface area contributed by atoms with Crippen LogP contribution in [0.25, 0.3) is 0 Å². The number of nitrogens with zero attached hydrogens (tertiary/aromatic N) is 1. The van der Waals surface area contributed by atoms with Crippen molar-refractivity contribution in [2.24, 2.45) is 5.16 Å². The molecule has 0 aliphatic heterocycles. The van der Waals surface area contributed by atoms with Gasteiger partial charge in [-0.15, -0.1) is 0 Å². The van der Waals surface area contributed by atoms with Crippen molar-refractivity contribution in [3.63, 3.8) is 0 Å². The first kappa shape index (κ1) is 6.59. The van der Waals surface area contributed by atoms with Gasteiger partial charge in [0.05, 0.1) is 5.71 Å². The number of oxime groups is 1. The van der Waals surface area contributed by atoms with Crippen molar-refractivity contribution in [2.75, 3.05) is 7.11 Å². The predicted molar refractivity (Wildman–Crippen MR) is 37.2 cm³/mol. The number of hydrogen-bond donors (Lipinski definition) is 0. The summed E-state index contributed by atoms with van der Waals surface area (Å²) in [7, 11) is 1.60. The van der Waals surface area contributed by atoms with Crippen molar-refractivity contribution in [1.82, 2.24) is 0 Å². The van der Waals surface area contributed by atoms with E-state index >= 15 is 0 Å². The SMILES string of the molecule is CO/N=C1\C[CH]CCC1. The first-order chi connectivity index (χ1) is 4.43. The highest BCUT2D eigenvalue weighted by Crippen LogP contribution is 2.13. The molecule has 0 saturated heterocycles. The van der Waals surface area contributed by atoms with Crippen LogP contribution in [0.1, 0.15) is 25.7 Å². The van der Waals surface area contributed by atoms with Gasteiger partial charge in [0, 0.05) is 0 Å². The molecule has 1 aliphatic rings. The Morgan fingerprint density at radius 2 is 2.56 bits per heavy atom. The molecule has 1 fully saturated rings. The predicted octanol–water partition coefficient (Wildman–Crippen LogP) is 1.77. The summed E-state index contributed by atoms with van der Waals surface area (Å²) in [5.74, 6) is 0. The minimum absolute atomic E-state index is 1.02. The molecular weight excluding hydrogens is 114 g/mol. The van der Waals surface area contributed by atoms with E-state index < -0.39 is 0 Å². The van der Waals surface area contributed by atoms with Crippen LogP contribution in [0.2, 0.25) is 0 Å². The van der Waals surface area contributed by atoms with E-state index in [2.05, 4.69) is 16.4 Å². The molecule has 0 aromatic rings. The highest BCUT2D eigenvalue weighted by molar-refractivity contribution is 5.85. The zero-order valence-electron chi connectivity index (χ0n) is 5.76. The van der Waals surface area contributed by atoms with Crippen LogP contribution in [0.15, 0.2) is 5.16 Å². The molecule has 9 heavy (non-hydrogen) atoms. The molecule has 0 unspecified atom stereocenters. The highest BCUT2D eigenvalue weighted by atomic mass is 16.6. The van der Waals surface area contributed by atoms with Crippen molar-refractivity contribution in [2.45, 2.75) is 25.7 Å². The van der Waals surface area contributed by atoms with E-state index in [1.807, 2.05) is 0 Å². The summed E-state index contributed by atoms with van der Waals surface area (Å²) in [6.07, 6.45) is 6.87. The third kappa shape index (κ3) is 2.04. The third-order valence-electron chi connectivity index (χ3n) is 1.47. The summed E-state index contributed by atoms with van der Waals surface area (Å²) in [5, 5.41) is 3.87. The topological polar surface area (TPSA) is 21.6 Å². The Labute approximate surface area is 55.9 Å². The van der Waals surface area contributed by atoms with Gasteiger partial charge in [-0.3, -0.25) is 0 Å². The van der Waals surface area contributed by atoms with Crippen molar-refractivity contribution in [1.29, 1.82) is 0 Å². The van der Waals surface area contributed by atoms with E-state index in [0.717, 1.165) is 12.8 Å². The van der Waals surface area contributed by atoms with Gasteiger partial charge in [-0.2, -0.15) is 0 Å². The maximum atomic E-state index is 4.65. The van der Waals surface area contributed by atoms with Crippen LogP contribution >= 0.6 is 0 Å². The minimum atomic E-state index is 1.02. The lowest BCUT2D eigenvalue weighted by Gasteiger charge is -2.09. The summed E-state index contributed by atoms with van der Waals surface area (Å²) in [6.45, 7) is 0. The standard InChI is InChI=1S/C7H12NO/c1-9-8-7-5-3-2-4-6-7/h3H,2,4-6H2,1H3/b8-7+. The van der Waals surface area contributed by atoms with Crippen molar-refractivity contribution < 1.29 is 4.84 Å². The molecule has 51 valence electrons. The second-order valence-corrected chi connectivity index (χ2v) is 2.23. The summed E-state index contributed by atoms with van der Waals surface area (Å²) >= 11 is 0. The zero-order valence-corrected chi connectivity index (χ0v) is 5.76. The molecule has 1 saturated carbocycles. The normalized spacial score (nSPS) is 24.3. The molecule has 1 radical (unpaired) electrons. The first-order valence-corrected chi connectivity index (χ1v) is 3.34. The van der Waals surface area contributed by atoms with Gasteiger partial charge >= 0.3 is 0 Å². The minimum Gasteiger partial charge on any atom is -0.399 e. The van der Waals surface area contributed by atoms with Crippen LogP contribution in [-0.2, 0) is 4.84 Å². The second kappa shape index (κ2) is 3.49. The van der Waals surface area contributed by atoms with E-state index in [9.17, 15) is 0 Å². The smallest absolute Gasteiger partial charge is 0.106 e. The van der Waals surface area contributed by atoms with Gasteiger partial charge in [-0.05, 0) is 32.1 Å². The van der Waals surface area contributed by atoms with Gasteiger partial charge in [0.25, 0.3) is 0 Å². The number of rotatable bonds is 1. The molecule has 0 aromatic heterocycles. The molecule has 1 aliphatic carbocycles. The fourth-order valence-corrected chi connectivity index (χ4v) is 1.03. The maximum absolute atomic E-state index is 4.65. The molecule has 2 nitrogen and oxygen atoms in total. The fourth-order valence-electron chi connectivity index (χ4n) is 1.03. The Morgan fingerprint density at radius 3 is 3.11 bits per heavy atom. The van der Waals surface area contributed by atoms with E-state index in [4.69, 9.17) is 0 Å². The molecule has 2 heteroatoms. The maximum Gasteiger partial charge on any atom is 0.106 e. The van der Waals surface area contributed by atoms with Gasteiger partial charge in [0.15, 0.2) is 0 Å². The van der Waals surface area contributed by atoms with Crippen LogP contribution in [0.3, 0.4) is 0 Å². The third-order valence-corrected chi connectivity index (χ3v) is 1.47. The van der Waals surface area contributed by atoms with Gasteiger partial charge in [0.1, 0.15) is 7.11 Å². The van der Waals surface area contributed by atoms with Crippen LogP contribution in [-0.4, -0.2) is 12.8 Å². The number of hydrogen-bond acceptors (Lipinski definition) is 2. The summed E-state index contributed by atoms with van der Waals surface area (Å²) in [4.78, 5) is 4.65. The average Bonchev–Trinajstić information content (AvgIpc) is 1.91. The molecular formula is C7H12NO. The molecule has 0 atom stereocenters. The van der Waals surface area contributed by atoms with Gasteiger partial charge in [0.2, 0.25) is 0 Å². The molecule has 1 rings (SSSR count). The Kier molecular flexibility index (Phi) is 2.55. The van der Waals surface area contributed by atoms with Crippen LogP contribution < -0.4 is 0 Å². The quantitative estimate of drug-likeness (QED) is 0.490. The average molecular weight is 126 g/mol. The van der Waals surface area contributed by atoms with Crippen LogP contribution in [0.5, 0.6) is 0 Å². The second-order valence-electron chi connectivity index (χ2n) is 2.23. The van der Waals surface area contributed by atoms with E-state index in [0.29, 0.717) is 0 Å². The van der Waals surface area contributed by atoms with Crippen LogP contribution in [0.4, 0.5) is 0 Å². The van der Waals surface area contributed by atoms with E-state index in [1.165, 1.54) is 18.6 Å². The largest absolute Gasteiger partial charge is 0.399 e. The van der Waals surface area contributed by atoms with Crippen LogP contribution in [0, 0.1) is 6.42 Å². The highest BCUT2D eigenvalue weighted by Gasteiger charge is 2.06. The van der Waals surface area contributed by atoms with Crippen molar-refractivity contribution in [3.8, 4) is 0 Å². The van der Waals surface area contributed by atoms with Gasteiger partial charge in [-0.25, -0.2) is 0 Å². The Balaban J connectivity index is 2.30. The van der Waals surface area contributed by atoms with Crippen molar-refractivity contribution >= 4 is 5.71 Å². The lowest BCUT2D eigenvalue weighted by Crippen LogP contribution is -2.05. The van der Waals surface area contributed by atoms with Gasteiger partial charge in [-0.1, -0.05) is 5.16 Å². The van der Waals surface area contributed by atoms with E-state index in [-0.39, 0.29) is 0 Å². The lowest BCUT2D eigenvalue weighted by molar-refractivity contribution is 0.211. The Bertz CT molecular complexity index is 101. The summed E-state index contributed by atoms with van der Waals surface area (Å²) in [5.41, 5.74) is 1.18. The van der Waals surface area contributed by atoms with Crippen molar-refractivity contribution in [3.05, 3.63) is 6.42 Å². The molecule has 0 bridgehead atoms. The first-order valence-electron chi connectivity index (χ1n) is 3.34. The zero-order chi connectivity index (χ0) is 6.53. The lowest BCUT2D eigenvalue weighted by atomic mass is 9.99. The fraction of sp³-hybridized carbons (Fsp3) is 0.714.